The molecule has 1 fully saturated rings. The van der Waals surface area contributed by atoms with E-state index in [-0.39, 0.29) is 18.6 Å². The highest BCUT2D eigenvalue weighted by molar-refractivity contribution is 5.94. The fraction of sp³-hybridized carbons (Fsp3) is 0.533. The van der Waals surface area contributed by atoms with Crippen LogP contribution in [0.3, 0.4) is 0 Å². The molecule has 2 unspecified atom stereocenters. The SMILES string of the molecule is COCC(N)C(=O)Nc1ccc(OCC2CCCO2)cc1. The molecule has 0 bridgehead atoms. The Bertz CT molecular complexity index is 443. The Morgan fingerprint density at radius 2 is 2.24 bits per heavy atom. The molecule has 1 aromatic rings. The normalized spacial score (nSPS) is 19.2. The molecule has 0 aromatic heterocycles. The van der Waals surface area contributed by atoms with Gasteiger partial charge >= 0.3 is 0 Å². The number of ether oxygens (including phenoxy) is 3. The molecule has 0 radical (unpaired) electrons. The summed E-state index contributed by atoms with van der Waals surface area (Å²) in [5, 5.41) is 2.73. The first kappa shape index (κ1) is 15.8. The quantitative estimate of drug-likeness (QED) is 0.788. The highest BCUT2D eigenvalue weighted by Crippen LogP contribution is 2.18. The van der Waals surface area contributed by atoms with Crippen molar-refractivity contribution in [1.29, 1.82) is 0 Å². The molecule has 21 heavy (non-hydrogen) atoms. The molecule has 1 aliphatic heterocycles. The van der Waals surface area contributed by atoms with Crippen LogP contribution in [0.25, 0.3) is 0 Å². The first-order chi connectivity index (χ1) is 10.2. The largest absolute Gasteiger partial charge is 0.491 e. The van der Waals surface area contributed by atoms with Crippen molar-refractivity contribution >= 4 is 11.6 Å². The number of benzene rings is 1. The zero-order chi connectivity index (χ0) is 15.1. The second-order valence-corrected chi connectivity index (χ2v) is 5.02. The molecule has 6 nitrogen and oxygen atoms in total. The summed E-state index contributed by atoms with van der Waals surface area (Å²) >= 11 is 0. The lowest BCUT2D eigenvalue weighted by atomic mass is 10.2. The maximum Gasteiger partial charge on any atom is 0.243 e. The fourth-order valence-electron chi connectivity index (χ4n) is 2.09. The molecule has 2 rings (SSSR count). The molecular weight excluding hydrogens is 272 g/mol. The number of carbonyl (C=O) groups excluding carboxylic acids is 1. The summed E-state index contributed by atoms with van der Waals surface area (Å²) < 4.78 is 16.0. The van der Waals surface area contributed by atoms with E-state index in [2.05, 4.69) is 5.32 Å². The van der Waals surface area contributed by atoms with E-state index < -0.39 is 6.04 Å². The van der Waals surface area contributed by atoms with Crippen molar-refractivity contribution in [2.45, 2.75) is 25.0 Å². The predicted octanol–water partition coefficient (Wildman–Crippen LogP) is 1.16. The summed E-state index contributed by atoms with van der Waals surface area (Å²) in [6.45, 7) is 1.57. The number of hydrogen-bond acceptors (Lipinski definition) is 5. The van der Waals surface area contributed by atoms with Gasteiger partial charge in [-0.1, -0.05) is 0 Å². The number of amides is 1. The Hall–Kier alpha value is -1.63. The van der Waals surface area contributed by atoms with Crippen LogP contribution in [0.5, 0.6) is 5.75 Å². The Balaban J connectivity index is 1.79. The number of nitrogens with one attached hydrogen (secondary N) is 1. The van der Waals surface area contributed by atoms with E-state index in [9.17, 15) is 4.79 Å². The number of rotatable bonds is 7. The van der Waals surface area contributed by atoms with Crippen molar-refractivity contribution in [1.82, 2.24) is 0 Å². The molecular formula is C15H22N2O4. The zero-order valence-electron chi connectivity index (χ0n) is 12.2. The third-order valence-corrected chi connectivity index (χ3v) is 3.26. The minimum absolute atomic E-state index is 0.189. The second-order valence-electron chi connectivity index (χ2n) is 5.02. The van der Waals surface area contributed by atoms with Crippen LogP contribution in [0, 0.1) is 0 Å². The van der Waals surface area contributed by atoms with Gasteiger partial charge in [0.1, 0.15) is 18.4 Å². The molecule has 0 saturated carbocycles. The van der Waals surface area contributed by atoms with Gasteiger partial charge in [-0.2, -0.15) is 0 Å². The lowest BCUT2D eigenvalue weighted by Crippen LogP contribution is -2.39. The molecule has 116 valence electrons. The molecule has 1 heterocycles. The van der Waals surface area contributed by atoms with Gasteiger partial charge in [0, 0.05) is 19.4 Å². The number of methoxy groups -OCH3 is 1. The lowest BCUT2D eigenvalue weighted by molar-refractivity contribution is -0.118. The highest BCUT2D eigenvalue weighted by atomic mass is 16.5. The maximum absolute atomic E-state index is 11.7. The molecule has 2 atom stereocenters. The van der Waals surface area contributed by atoms with E-state index in [0.717, 1.165) is 25.2 Å². The van der Waals surface area contributed by atoms with Crippen LogP contribution in [-0.2, 0) is 14.3 Å². The predicted molar refractivity (Wildman–Crippen MR) is 79.4 cm³/mol. The van der Waals surface area contributed by atoms with Crippen molar-refractivity contribution in [3.63, 3.8) is 0 Å². The van der Waals surface area contributed by atoms with Crippen molar-refractivity contribution < 1.29 is 19.0 Å². The summed E-state index contributed by atoms with van der Waals surface area (Å²) in [6.07, 6.45) is 2.34. The van der Waals surface area contributed by atoms with E-state index in [1.807, 2.05) is 12.1 Å². The summed E-state index contributed by atoms with van der Waals surface area (Å²) in [7, 11) is 1.51. The molecule has 6 heteroatoms. The lowest BCUT2D eigenvalue weighted by Gasteiger charge is -2.13. The minimum atomic E-state index is -0.676. The summed E-state index contributed by atoms with van der Waals surface area (Å²) in [5.41, 5.74) is 6.32. The Labute approximate surface area is 124 Å². The molecule has 3 N–H and O–H groups in total. The van der Waals surface area contributed by atoms with E-state index in [1.54, 1.807) is 12.1 Å². The first-order valence-electron chi connectivity index (χ1n) is 7.09. The topological polar surface area (TPSA) is 82.8 Å². The number of anilines is 1. The number of hydrogen-bond donors (Lipinski definition) is 2. The van der Waals surface area contributed by atoms with Crippen LogP contribution < -0.4 is 15.8 Å². The van der Waals surface area contributed by atoms with Gasteiger partial charge in [-0.3, -0.25) is 4.79 Å². The van der Waals surface area contributed by atoms with Crippen LogP contribution >= 0.6 is 0 Å². The molecule has 1 amide bonds. The Morgan fingerprint density at radius 1 is 1.48 bits per heavy atom. The monoisotopic (exact) mass is 294 g/mol. The van der Waals surface area contributed by atoms with E-state index >= 15 is 0 Å². The van der Waals surface area contributed by atoms with Crippen LogP contribution in [-0.4, -0.2) is 45.0 Å². The smallest absolute Gasteiger partial charge is 0.243 e. The minimum Gasteiger partial charge on any atom is -0.491 e. The highest BCUT2D eigenvalue weighted by Gasteiger charge is 2.16. The van der Waals surface area contributed by atoms with Crippen molar-refractivity contribution in [3.8, 4) is 5.75 Å². The van der Waals surface area contributed by atoms with Gasteiger partial charge in [-0.05, 0) is 37.1 Å². The summed E-state index contributed by atoms with van der Waals surface area (Å²) in [5.74, 6) is 0.481. The average Bonchev–Trinajstić information content (AvgIpc) is 3.00. The standard InChI is InChI=1S/C15H22N2O4/c1-19-10-14(16)15(18)17-11-4-6-12(7-5-11)21-9-13-3-2-8-20-13/h4-7,13-14H,2-3,8-10,16H2,1H3,(H,17,18). The molecule has 0 spiro atoms. The van der Waals surface area contributed by atoms with Crippen LogP contribution in [0.15, 0.2) is 24.3 Å². The van der Waals surface area contributed by atoms with E-state index in [4.69, 9.17) is 19.9 Å². The third-order valence-electron chi connectivity index (χ3n) is 3.26. The fourth-order valence-corrected chi connectivity index (χ4v) is 2.09. The van der Waals surface area contributed by atoms with E-state index in [0.29, 0.717) is 12.3 Å². The second kappa shape index (κ2) is 7.97. The molecule has 1 aliphatic rings. The average molecular weight is 294 g/mol. The van der Waals surface area contributed by atoms with Crippen LogP contribution in [0.1, 0.15) is 12.8 Å². The number of nitrogens with two attached hydrogens (primary N) is 1. The maximum atomic E-state index is 11.7. The Kier molecular flexibility index (Phi) is 5.98. The van der Waals surface area contributed by atoms with Crippen LogP contribution in [0.4, 0.5) is 5.69 Å². The number of carbonyl (C=O) groups is 1. The van der Waals surface area contributed by atoms with Gasteiger partial charge in [-0.15, -0.1) is 0 Å². The van der Waals surface area contributed by atoms with Gasteiger partial charge < -0.3 is 25.3 Å². The van der Waals surface area contributed by atoms with Crippen molar-refractivity contribution in [3.05, 3.63) is 24.3 Å². The third kappa shape index (κ3) is 5.00. The Morgan fingerprint density at radius 3 is 2.86 bits per heavy atom. The zero-order valence-corrected chi connectivity index (χ0v) is 12.2. The summed E-state index contributed by atoms with van der Waals surface area (Å²) in [4.78, 5) is 11.7. The van der Waals surface area contributed by atoms with Gasteiger partial charge in [0.15, 0.2) is 0 Å². The van der Waals surface area contributed by atoms with Crippen LogP contribution in [0.2, 0.25) is 0 Å². The van der Waals surface area contributed by atoms with Gasteiger partial charge in [0.2, 0.25) is 5.91 Å². The molecule has 1 aromatic carbocycles. The van der Waals surface area contributed by atoms with Crippen molar-refractivity contribution in [2.75, 3.05) is 32.2 Å². The van der Waals surface area contributed by atoms with Gasteiger partial charge in [0.25, 0.3) is 0 Å². The van der Waals surface area contributed by atoms with E-state index in [1.165, 1.54) is 7.11 Å². The first-order valence-corrected chi connectivity index (χ1v) is 7.09. The summed E-state index contributed by atoms with van der Waals surface area (Å²) in [6, 6.07) is 6.51. The molecule has 0 aliphatic carbocycles. The van der Waals surface area contributed by atoms with Crippen molar-refractivity contribution in [2.24, 2.45) is 5.73 Å². The molecule has 1 saturated heterocycles. The van der Waals surface area contributed by atoms with Gasteiger partial charge in [-0.25, -0.2) is 0 Å². The van der Waals surface area contributed by atoms with Gasteiger partial charge in [0.05, 0.1) is 12.7 Å².